The summed E-state index contributed by atoms with van der Waals surface area (Å²) < 4.78 is 22.0. The molecule has 0 bridgehead atoms. The largest absolute Gasteiger partial charge is 0.496 e. The number of ether oxygens (including phenoxy) is 4. The first-order valence-electron chi connectivity index (χ1n) is 7.60. The summed E-state index contributed by atoms with van der Waals surface area (Å²) in [5, 5.41) is 2.84. The molecule has 1 aliphatic rings. The van der Waals surface area contributed by atoms with Crippen LogP contribution in [0.15, 0.2) is 42.5 Å². The lowest BCUT2D eigenvalue weighted by atomic mass is 10.1. The summed E-state index contributed by atoms with van der Waals surface area (Å²) in [5.74, 6) is 2.02. The molecule has 1 atom stereocenters. The number of hydrogen-bond donors (Lipinski definition) is 1. The van der Waals surface area contributed by atoms with Gasteiger partial charge in [-0.3, -0.25) is 4.79 Å². The van der Waals surface area contributed by atoms with Gasteiger partial charge in [0, 0.05) is 0 Å². The highest BCUT2D eigenvalue weighted by Crippen LogP contribution is 2.31. The maximum atomic E-state index is 12.5. The highest BCUT2D eigenvalue weighted by molar-refractivity contribution is 5.99. The Kier molecular flexibility index (Phi) is 4.74. The van der Waals surface area contributed by atoms with Crippen molar-refractivity contribution in [3.63, 3.8) is 0 Å². The highest BCUT2D eigenvalue weighted by Gasteiger charge is 2.23. The molecule has 0 fully saturated rings. The molecule has 6 nitrogen and oxygen atoms in total. The van der Waals surface area contributed by atoms with E-state index in [9.17, 15) is 4.79 Å². The van der Waals surface area contributed by atoms with Crippen LogP contribution in [0.5, 0.6) is 23.0 Å². The molecule has 1 heterocycles. The number of hydrogen-bond acceptors (Lipinski definition) is 5. The van der Waals surface area contributed by atoms with Gasteiger partial charge in [-0.2, -0.15) is 0 Å². The molecule has 0 saturated heterocycles. The van der Waals surface area contributed by atoms with E-state index in [-0.39, 0.29) is 12.0 Å². The van der Waals surface area contributed by atoms with Crippen LogP contribution in [0.25, 0.3) is 0 Å². The summed E-state index contributed by atoms with van der Waals surface area (Å²) in [7, 11) is 3.03. The van der Waals surface area contributed by atoms with Crippen LogP contribution < -0.4 is 24.3 Å². The summed E-state index contributed by atoms with van der Waals surface area (Å²) >= 11 is 0. The number of carbonyl (C=O) groups is 1. The molecule has 126 valence electrons. The van der Waals surface area contributed by atoms with Gasteiger partial charge in [-0.15, -0.1) is 0 Å². The Morgan fingerprint density at radius 1 is 1.08 bits per heavy atom. The molecular weight excluding hydrogens is 310 g/mol. The molecule has 2 aromatic carbocycles. The van der Waals surface area contributed by atoms with E-state index in [0.717, 1.165) is 0 Å². The van der Waals surface area contributed by atoms with Gasteiger partial charge in [0.05, 0.1) is 20.8 Å². The number of amides is 1. The number of methoxy groups -OCH3 is 2. The Hall–Kier alpha value is -2.89. The maximum absolute atomic E-state index is 12.5. The zero-order chi connectivity index (χ0) is 16.9. The van der Waals surface area contributed by atoms with E-state index in [1.807, 2.05) is 24.3 Å². The number of rotatable bonds is 5. The topological polar surface area (TPSA) is 66.0 Å². The Morgan fingerprint density at radius 2 is 1.75 bits per heavy atom. The van der Waals surface area contributed by atoms with E-state index >= 15 is 0 Å². The van der Waals surface area contributed by atoms with Crippen molar-refractivity contribution in [2.75, 3.05) is 27.4 Å². The lowest BCUT2D eigenvalue weighted by Gasteiger charge is -2.26. The lowest BCUT2D eigenvalue weighted by Crippen LogP contribution is -2.40. The Labute approximate surface area is 140 Å². The van der Waals surface area contributed by atoms with E-state index in [0.29, 0.717) is 41.7 Å². The van der Waals surface area contributed by atoms with E-state index < -0.39 is 0 Å². The lowest BCUT2D eigenvalue weighted by molar-refractivity contribution is 0.0786. The second kappa shape index (κ2) is 7.12. The third kappa shape index (κ3) is 3.22. The monoisotopic (exact) mass is 329 g/mol. The SMILES string of the molecule is COc1cccc(OC)c1C(=O)NC[C@H]1COc2ccccc2O1. The first-order chi connectivity index (χ1) is 11.7. The predicted octanol–water partition coefficient (Wildman–Crippen LogP) is 2.27. The quantitative estimate of drug-likeness (QED) is 0.911. The van der Waals surface area contributed by atoms with Crippen LogP contribution in [-0.4, -0.2) is 39.4 Å². The summed E-state index contributed by atoms with van der Waals surface area (Å²) in [5.41, 5.74) is 0.361. The average Bonchev–Trinajstić information content (AvgIpc) is 2.65. The third-order valence-electron chi connectivity index (χ3n) is 3.71. The van der Waals surface area contributed by atoms with Crippen molar-refractivity contribution in [3.8, 4) is 23.0 Å². The summed E-state index contributed by atoms with van der Waals surface area (Å²) in [4.78, 5) is 12.5. The fourth-order valence-corrected chi connectivity index (χ4v) is 2.53. The molecule has 0 spiro atoms. The molecule has 0 aromatic heterocycles. The minimum Gasteiger partial charge on any atom is -0.496 e. The average molecular weight is 329 g/mol. The highest BCUT2D eigenvalue weighted by atomic mass is 16.6. The molecule has 1 N–H and O–H groups in total. The van der Waals surface area contributed by atoms with Crippen molar-refractivity contribution in [2.45, 2.75) is 6.10 Å². The first-order valence-corrected chi connectivity index (χ1v) is 7.60. The molecule has 3 rings (SSSR count). The van der Waals surface area contributed by atoms with Crippen LogP contribution in [0.2, 0.25) is 0 Å². The molecule has 6 heteroatoms. The van der Waals surface area contributed by atoms with E-state index in [4.69, 9.17) is 18.9 Å². The fourth-order valence-electron chi connectivity index (χ4n) is 2.53. The zero-order valence-corrected chi connectivity index (χ0v) is 13.6. The van der Waals surface area contributed by atoms with Crippen LogP contribution in [0.4, 0.5) is 0 Å². The fraction of sp³-hybridized carbons (Fsp3) is 0.278. The molecule has 0 unspecified atom stereocenters. The van der Waals surface area contributed by atoms with Crippen molar-refractivity contribution in [1.82, 2.24) is 5.32 Å². The van der Waals surface area contributed by atoms with E-state index in [1.54, 1.807) is 18.2 Å². The van der Waals surface area contributed by atoms with Crippen molar-refractivity contribution in [3.05, 3.63) is 48.0 Å². The Bertz CT molecular complexity index is 709. The van der Waals surface area contributed by atoms with E-state index in [2.05, 4.69) is 5.32 Å². The molecule has 1 aliphatic heterocycles. The number of nitrogens with one attached hydrogen (secondary N) is 1. The van der Waals surface area contributed by atoms with Gasteiger partial charge in [-0.05, 0) is 24.3 Å². The zero-order valence-electron chi connectivity index (χ0n) is 13.6. The van der Waals surface area contributed by atoms with Gasteiger partial charge in [0.1, 0.15) is 29.8 Å². The van der Waals surface area contributed by atoms with Crippen molar-refractivity contribution in [2.24, 2.45) is 0 Å². The predicted molar refractivity (Wildman–Crippen MR) is 88.2 cm³/mol. The Balaban J connectivity index is 1.67. The summed E-state index contributed by atoms with van der Waals surface area (Å²) in [6.07, 6.45) is -0.260. The molecule has 0 aliphatic carbocycles. The van der Waals surface area contributed by atoms with Crippen LogP contribution >= 0.6 is 0 Å². The van der Waals surface area contributed by atoms with E-state index in [1.165, 1.54) is 14.2 Å². The Morgan fingerprint density at radius 3 is 2.42 bits per heavy atom. The minimum absolute atomic E-state index is 0.260. The number of benzene rings is 2. The molecule has 1 amide bonds. The second-order valence-electron chi connectivity index (χ2n) is 5.25. The van der Waals surface area contributed by atoms with Crippen molar-refractivity contribution < 1.29 is 23.7 Å². The van der Waals surface area contributed by atoms with Crippen molar-refractivity contribution in [1.29, 1.82) is 0 Å². The standard InChI is InChI=1S/C18H19NO5/c1-21-15-8-5-9-16(22-2)17(15)18(20)19-10-12-11-23-13-6-3-4-7-14(13)24-12/h3-9,12H,10-11H2,1-2H3,(H,19,20)/t12-/m0/s1. The molecule has 24 heavy (non-hydrogen) atoms. The van der Waals surface area contributed by atoms with Crippen LogP contribution in [0.1, 0.15) is 10.4 Å². The van der Waals surface area contributed by atoms with Crippen LogP contribution in [0.3, 0.4) is 0 Å². The smallest absolute Gasteiger partial charge is 0.258 e. The number of carbonyl (C=O) groups excluding carboxylic acids is 1. The van der Waals surface area contributed by atoms with Gasteiger partial charge >= 0.3 is 0 Å². The molecule has 0 radical (unpaired) electrons. The van der Waals surface area contributed by atoms with Crippen molar-refractivity contribution >= 4 is 5.91 Å². The molecular formula is C18H19NO5. The first kappa shape index (κ1) is 16.0. The minimum atomic E-state index is -0.285. The van der Waals surface area contributed by atoms with Gasteiger partial charge < -0.3 is 24.3 Å². The normalized spacial score (nSPS) is 15.5. The van der Waals surface area contributed by atoms with Gasteiger partial charge in [-0.25, -0.2) is 0 Å². The second-order valence-corrected chi connectivity index (χ2v) is 5.25. The molecule has 2 aromatic rings. The maximum Gasteiger partial charge on any atom is 0.258 e. The molecule has 0 saturated carbocycles. The summed E-state index contributed by atoms with van der Waals surface area (Å²) in [6.45, 7) is 0.689. The van der Waals surface area contributed by atoms with Gasteiger partial charge in [-0.1, -0.05) is 18.2 Å². The number of fused-ring (bicyclic) bond motifs is 1. The summed E-state index contributed by atoms with van der Waals surface area (Å²) in [6, 6.07) is 12.7. The third-order valence-corrected chi connectivity index (χ3v) is 3.71. The van der Waals surface area contributed by atoms with Gasteiger partial charge in [0.2, 0.25) is 0 Å². The number of para-hydroxylation sites is 2. The van der Waals surface area contributed by atoms with Crippen LogP contribution in [0, 0.1) is 0 Å². The van der Waals surface area contributed by atoms with Gasteiger partial charge in [0.25, 0.3) is 5.91 Å². The van der Waals surface area contributed by atoms with Gasteiger partial charge in [0.15, 0.2) is 11.5 Å². The van der Waals surface area contributed by atoms with Crippen LogP contribution in [-0.2, 0) is 0 Å².